The number of nitrogens with zero attached hydrogens (tertiary/aromatic N) is 2. The molecule has 0 unspecified atom stereocenters. The first-order chi connectivity index (χ1) is 17.7. The Balaban J connectivity index is 1.10. The molecule has 2 heterocycles. The van der Waals surface area contributed by atoms with Crippen molar-refractivity contribution in [3.8, 4) is 0 Å². The summed E-state index contributed by atoms with van der Waals surface area (Å²) in [6, 6.07) is 28.5. The molecule has 0 spiro atoms. The Kier molecular flexibility index (Phi) is 5.58. The van der Waals surface area contributed by atoms with Crippen molar-refractivity contribution in [3.05, 3.63) is 101 Å². The van der Waals surface area contributed by atoms with Gasteiger partial charge in [-0.05, 0) is 77.8 Å². The molecule has 3 aromatic rings. The minimum absolute atomic E-state index is 0.196. The monoisotopic (exact) mass is 477 g/mol. The van der Waals surface area contributed by atoms with Crippen LogP contribution in [0.5, 0.6) is 0 Å². The number of amides is 1. The van der Waals surface area contributed by atoms with Crippen molar-refractivity contribution < 1.29 is 4.79 Å². The largest absolute Gasteiger partial charge is 0.378 e. The van der Waals surface area contributed by atoms with E-state index in [0.717, 1.165) is 50.1 Å². The van der Waals surface area contributed by atoms with Crippen molar-refractivity contribution in [2.75, 3.05) is 31.5 Å². The van der Waals surface area contributed by atoms with Gasteiger partial charge in [0.05, 0.1) is 6.04 Å². The van der Waals surface area contributed by atoms with E-state index in [1.807, 2.05) is 0 Å². The van der Waals surface area contributed by atoms with Gasteiger partial charge in [0, 0.05) is 44.0 Å². The summed E-state index contributed by atoms with van der Waals surface area (Å²) < 4.78 is 0. The van der Waals surface area contributed by atoms with Crippen molar-refractivity contribution in [2.24, 2.45) is 17.8 Å². The molecule has 1 saturated heterocycles. The Morgan fingerprint density at radius 2 is 1.56 bits per heavy atom. The van der Waals surface area contributed by atoms with E-state index in [-0.39, 0.29) is 5.91 Å². The molecule has 4 nitrogen and oxygen atoms in total. The predicted molar refractivity (Wildman–Crippen MR) is 144 cm³/mol. The van der Waals surface area contributed by atoms with Crippen LogP contribution in [0.1, 0.15) is 58.3 Å². The van der Waals surface area contributed by atoms with Crippen molar-refractivity contribution in [3.63, 3.8) is 0 Å². The van der Waals surface area contributed by atoms with Gasteiger partial charge in [0.15, 0.2) is 0 Å². The van der Waals surface area contributed by atoms with Crippen LogP contribution in [0.3, 0.4) is 0 Å². The average molecular weight is 478 g/mol. The van der Waals surface area contributed by atoms with Crippen molar-refractivity contribution >= 4 is 11.6 Å². The molecule has 7 rings (SSSR count). The number of rotatable bonds is 4. The van der Waals surface area contributed by atoms with Crippen molar-refractivity contribution in [1.29, 1.82) is 0 Å². The maximum absolute atomic E-state index is 13.6. The molecule has 2 aliphatic heterocycles. The van der Waals surface area contributed by atoms with E-state index in [9.17, 15) is 4.79 Å². The van der Waals surface area contributed by atoms with E-state index in [1.54, 1.807) is 0 Å². The first kappa shape index (κ1) is 22.1. The molecule has 36 heavy (non-hydrogen) atoms. The van der Waals surface area contributed by atoms with Gasteiger partial charge in [0.25, 0.3) is 5.91 Å². The number of carbonyl (C=O) groups excluding carboxylic acids is 1. The molecule has 2 saturated carbocycles. The molecule has 2 bridgehead atoms. The normalized spacial score (nSPS) is 28.9. The third kappa shape index (κ3) is 3.83. The zero-order valence-electron chi connectivity index (χ0n) is 20.9. The molecule has 4 heteroatoms. The van der Waals surface area contributed by atoms with E-state index in [1.165, 1.54) is 41.6 Å². The molecule has 1 N–H and O–H groups in total. The molecule has 2 aliphatic carbocycles. The van der Waals surface area contributed by atoms with Gasteiger partial charge in [-0.2, -0.15) is 0 Å². The van der Waals surface area contributed by atoms with Gasteiger partial charge >= 0.3 is 0 Å². The van der Waals surface area contributed by atoms with E-state index >= 15 is 0 Å². The van der Waals surface area contributed by atoms with E-state index < -0.39 is 0 Å². The molecule has 4 aliphatic rings. The highest BCUT2D eigenvalue weighted by atomic mass is 16.2. The predicted octanol–water partition coefficient (Wildman–Crippen LogP) is 5.94. The molecule has 5 atom stereocenters. The topological polar surface area (TPSA) is 35.6 Å². The molecular weight excluding hydrogens is 442 g/mol. The Hall–Kier alpha value is -3.11. The molecule has 3 aromatic carbocycles. The number of anilines is 1. The number of benzene rings is 3. The minimum Gasteiger partial charge on any atom is -0.378 e. The van der Waals surface area contributed by atoms with E-state index in [4.69, 9.17) is 0 Å². The zero-order valence-corrected chi connectivity index (χ0v) is 20.9. The summed E-state index contributed by atoms with van der Waals surface area (Å²) in [5.41, 5.74) is 6.24. The summed E-state index contributed by atoms with van der Waals surface area (Å²) >= 11 is 0. The van der Waals surface area contributed by atoms with Crippen LogP contribution in [0.15, 0.2) is 78.9 Å². The second-order valence-corrected chi connectivity index (χ2v) is 11.3. The molecule has 3 fully saturated rings. The van der Waals surface area contributed by atoms with E-state index in [0.29, 0.717) is 17.9 Å². The first-order valence-corrected chi connectivity index (χ1v) is 13.8. The highest BCUT2D eigenvalue weighted by Gasteiger charge is 2.53. The van der Waals surface area contributed by atoms with Crippen LogP contribution in [0.2, 0.25) is 0 Å². The van der Waals surface area contributed by atoms with Gasteiger partial charge in [0.2, 0.25) is 0 Å². The van der Waals surface area contributed by atoms with Crippen LogP contribution in [0.4, 0.5) is 5.69 Å². The Labute approximate surface area is 214 Å². The van der Waals surface area contributed by atoms with Gasteiger partial charge in [-0.1, -0.05) is 60.7 Å². The Morgan fingerprint density at radius 1 is 0.833 bits per heavy atom. The fourth-order valence-corrected chi connectivity index (χ4v) is 7.74. The second-order valence-electron chi connectivity index (χ2n) is 11.3. The number of nitrogens with one attached hydrogen (secondary N) is 1. The maximum atomic E-state index is 13.6. The number of fused-ring (bicyclic) bond motifs is 7. The van der Waals surface area contributed by atoms with Crippen LogP contribution >= 0.6 is 0 Å². The number of carbonyl (C=O) groups is 1. The van der Waals surface area contributed by atoms with Gasteiger partial charge in [0.1, 0.15) is 0 Å². The smallest absolute Gasteiger partial charge is 0.253 e. The first-order valence-electron chi connectivity index (χ1n) is 13.8. The molecule has 0 aromatic heterocycles. The summed E-state index contributed by atoms with van der Waals surface area (Å²) in [6.45, 7) is 4.42. The van der Waals surface area contributed by atoms with Crippen molar-refractivity contribution in [2.45, 2.75) is 37.8 Å². The summed E-state index contributed by atoms with van der Waals surface area (Å²) in [6.07, 6.45) is 4.05. The number of piperazine rings is 1. The fourth-order valence-electron chi connectivity index (χ4n) is 7.74. The quantitative estimate of drug-likeness (QED) is 0.505. The fraction of sp³-hybridized carbons (Fsp3) is 0.406. The van der Waals surface area contributed by atoms with Crippen LogP contribution in [0.25, 0.3) is 0 Å². The van der Waals surface area contributed by atoms with Crippen LogP contribution < -0.4 is 5.32 Å². The van der Waals surface area contributed by atoms with E-state index in [2.05, 4.69) is 94.0 Å². The SMILES string of the molecule is O=C(c1ccc2c(c1)[C@@H]1[C@H]3CC[C@@H](C3)[C@@H]1[C@H](c1ccccc1)N2)N1CCN(Cc2ccccc2)CC1. The Bertz CT molecular complexity index is 1230. The summed E-state index contributed by atoms with van der Waals surface area (Å²) in [5, 5.41) is 3.91. The molecule has 1 amide bonds. The van der Waals surface area contributed by atoms with Gasteiger partial charge in [-0.25, -0.2) is 0 Å². The molecule has 184 valence electrons. The van der Waals surface area contributed by atoms with Gasteiger partial charge in [-0.3, -0.25) is 9.69 Å². The maximum Gasteiger partial charge on any atom is 0.253 e. The highest BCUT2D eigenvalue weighted by Crippen LogP contribution is 2.63. The molecule has 0 radical (unpaired) electrons. The lowest BCUT2D eigenvalue weighted by Gasteiger charge is -2.43. The van der Waals surface area contributed by atoms with Crippen LogP contribution in [0, 0.1) is 17.8 Å². The number of hydrogen-bond acceptors (Lipinski definition) is 3. The standard InChI is InChI=1S/C32H35N3O/c36-32(35-17-15-34(16-18-35)21-22-7-3-1-4-8-22)26-13-14-28-27(20-26)29-24-11-12-25(19-24)30(29)31(33-28)23-9-5-2-6-10-23/h1-10,13-14,20,24-25,29-31,33H,11-12,15-19,21H2/t24-,25-,29-,30-,31-/m0/s1. The summed E-state index contributed by atoms with van der Waals surface area (Å²) in [5.74, 6) is 2.95. The zero-order chi connectivity index (χ0) is 24.1. The molecular formula is C32H35N3O. The number of hydrogen-bond donors (Lipinski definition) is 1. The third-order valence-corrected chi connectivity index (χ3v) is 9.40. The van der Waals surface area contributed by atoms with Gasteiger partial charge < -0.3 is 10.2 Å². The van der Waals surface area contributed by atoms with Crippen LogP contribution in [-0.4, -0.2) is 41.9 Å². The average Bonchev–Trinajstić information content (AvgIpc) is 3.57. The summed E-state index contributed by atoms with van der Waals surface area (Å²) in [7, 11) is 0. The van der Waals surface area contributed by atoms with Crippen molar-refractivity contribution in [1.82, 2.24) is 9.80 Å². The Morgan fingerprint density at radius 3 is 2.33 bits per heavy atom. The summed E-state index contributed by atoms with van der Waals surface area (Å²) in [4.78, 5) is 18.1. The lowest BCUT2D eigenvalue weighted by Crippen LogP contribution is -2.48. The minimum atomic E-state index is 0.196. The van der Waals surface area contributed by atoms with Crippen LogP contribution in [-0.2, 0) is 6.54 Å². The van der Waals surface area contributed by atoms with Gasteiger partial charge in [-0.15, -0.1) is 0 Å². The third-order valence-electron chi connectivity index (χ3n) is 9.40. The lowest BCUT2D eigenvalue weighted by atomic mass is 9.68. The lowest BCUT2D eigenvalue weighted by molar-refractivity contribution is 0.0628. The second kappa shape index (κ2) is 9.08. The highest BCUT2D eigenvalue weighted by molar-refractivity contribution is 5.95.